The highest BCUT2D eigenvalue weighted by Crippen LogP contribution is 1.56. The van der Waals surface area contributed by atoms with Gasteiger partial charge in [-0.2, -0.15) is 0 Å². The summed E-state index contributed by atoms with van der Waals surface area (Å²) in [6, 6.07) is 0. The van der Waals surface area contributed by atoms with Gasteiger partial charge >= 0.3 is 6.09 Å². The normalized spacial score (nSPS) is 6.38. The van der Waals surface area contributed by atoms with Crippen LogP contribution in [0.3, 0.4) is 0 Å². The third-order valence-electron chi connectivity index (χ3n) is 0.214. The van der Waals surface area contributed by atoms with Crippen molar-refractivity contribution in [2.45, 2.75) is 20.3 Å². The maximum atomic E-state index is 9.26. The summed E-state index contributed by atoms with van der Waals surface area (Å²) in [5, 5.41) is 9.56. The van der Waals surface area contributed by atoms with Crippen molar-refractivity contribution >= 4 is 6.09 Å². The van der Waals surface area contributed by atoms with Crippen molar-refractivity contribution in [2.75, 3.05) is 7.05 Å². The molecule has 0 aliphatic carbocycles. The van der Waals surface area contributed by atoms with Gasteiger partial charge in [0.2, 0.25) is 0 Å². The van der Waals surface area contributed by atoms with E-state index in [9.17, 15) is 4.79 Å². The van der Waals surface area contributed by atoms with E-state index >= 15 is 0 Å². The average molecular weight is 119 g/mol. The van der Waals surface area contributed by atoms with Crippen molar-refractivity contribution in [3.63, 3.8) is 0 Å². The smallest absolute Gasteiger partial charge is 0.404 e. The van der Waals surface area contributed by atoms with Crippen LogP contribution in [0.1, 0.15) is 20.3 Å². The molecule has 0 radical (unpaired) electrons. The van der Waals surface area contributed by atoms with E-state index in [1.165, 1.54) is 13.5 Å². The average Bonchev–Trinajstić information content (AvgIpc) is 1.69. The van der Waals surface area contributed by atoms with E-state index in [1.54, 1.807) is 0 Å². The van der Waals surface area contributed by atoms with E-state index in [-0.39, 0.29) is 0 Å². The lowest BCUT2D eigenvalue weighted by Gasteiger charge is -1.78. The minimum Gasteiger partial charge on any atom is -0.465 e. The molecule has 3 heteroatoms. The van der Waals surface area contributed by atoms with Crippen molar-refractivity contribution in [2.24, 2.45) is 0 Å². The first-order valence-corrected chi connectivity index (χ1v) is 2.59. The van der Waals surface area contributed by atoms with Crippen molar-refractivity contribution in [1.82, 2.24) is 5.32 Å². The van der Waals surface area contributed by atoms with Crippen LogP contribution in [0.5, 0.6) is 0 Å². The summed E-state index contributed by atoms with van der Waals surface area (Å²) in [6.45, 7) is 4.25. The van der Waals surface area contributed by atoms with Gasteiger partial charge in [-0.1, -0.05) is 20.3 Å². The fourth-order valence-electron chi connectivity index (χ4n) is 0. The van der Waals surface area contributed by atoms with Crippen molar-refractivity contribution in [1.29, 1.82) is 0 Å². The number of carboxylic acid groups (broad SMARTS) is 1. The summed E-state index contributed by atoms with van der Waals surface area (Å²) in [6.07, 6.45) is 0.255. The summed E-state index contributed by atoms with van der Waals surface area (Å²) in [5.41, 5.74) is 0. The molecule has 0 aromatic heterocycles. The second kappa shape index (κ2) is 9.55. The van der Waals surface area contributed by atoms with Crippen LogP contribution >= 0.6 is 0 Å². The molecule has 0 atom stereocenters. The zero-order valence-electron chi connectivity index (χ0n) is 5.56. The minimum atomic E-state index is -0.995. The van der Waals surface area contributed by atoms with E-state index < -0.39 is 6.09 Å². The molecule has 0 heterocycles. The Labute approximate surface area is 49.7 Å². The molecule has 1 amide bonds. The topological polar surface area (TPSA) is 49.3 Å². The molecular weight excluding hydrogens is 106 g/mol. The first-order valence-electron chi connectivity index (χ1n) is 2.59. The lowest BCUT2D eigenvalue weighted by molar-refractivity contribution is 0.197. The fourth-order valence-corrected chi connectivity index (χ4v) is 0. The van der Waals surface area contributed by atoms with Crippen molar-refractivity contribution in [3.05, 3.63) is 0 Å². The first-order chi connectivity index (χ1) is 3.68. The van der Waals surface area contributed by atoms with Crippen LogP contribution in [0.25, 0.3) is 0 Å². The Morgan fingerprint density at radius 3 is 1.75 bits per heavy atom. The van der Waals surface area contributed by atoms with Crippen LogP contribution in [-0.4, -0.2) is 18.2 Å². The van der Waals surface area contributed by atoms with E-state index in [1.807, 2.05) is 5.32 Å². The number of nitrogens with one attached hydrogen (secondary N) is 1. The third kappa shape index (κ3) is 59.6. The summed E-state index contributed by atoms with van der Waals surface area (Å²) in [4.78, 5) is 9.26. The SMILES string of the molecule is CCC.CNC(=O)O. The summed E-state index contributed by atoms with van der Waals surface area (Å²) < 4.78 is 0. The number of hydrogen-bond donors (Lipinski definition) is 2. The third-order valence-corrected chi connectivity index (χ3v) is 0.214. The van der Waals surface area contributed by atoms with Gasteiger partial charge in [0.05, 0.1) is 0 Å². The van der Waals surface area contributed by atoms with Crippen LogP contribution in [0.4, 0.5) is 4.79 Å². The fraction of sp³-hybridized carbons (Fsp3) is 0.800. The molecule has 0 saturated heterocycles. The molecule has 0 aliphatic rings. The molecule has 0 bridgehead atoms. The van der Waals surface area contributed by atoms with Gasteiger partial charge in [-0.25, -0.2) is 4.79 Å². The second-order valence-electron chi connectivity index (χ2n) is 1.26. The molecule has 3 nitrogen and oxygen atoms in total. The molecule has 0 unspecified atom stereocenters. The van der Waals surface area contributed by atoms with Crippen molar-refractivity contribution < 1.29 is 9.90 Å². The largest absolute Gasteiger partial charge is 0.465 e. The molecule has 0 aromatic carbocycles. The molecule has 50 valence electrons. The van der Waals surface area contributed by atoms with Gasteiger partial charge in [0.15, 0.2) is 0 Å². The Kier molecular flexibility index (Phi) is 12.3. The number of rotatable bonds is 0. The highest BCUT2D eigenvalue weighted by Gasteiger charge is 1.76. The predicted octanol–water partition coefficient (Wildman–Crippen LogP) is 1.30. The number of hydrogen-bond acceptors (Lipinski definition) is 1. The highest BCUT2D eigenvalue weighted by molar-refractivity contribution is 5.63. The van der Waals surface area contributed by atoms with Crippen LogP contribution in [0, 0.1) is 0 Å². The maximum Gasteiger partial charge on any atom is 0.404 e. The Bertz CT molecular complexity index is 54.4. The van der Waals surface area contributed by atoms with Crippen LogP contribution in [0.2, 0.25) is 0 Å². The lowest BCUT2D eigenvalue weighted by atomic mass is 10.6. The molecule has 0 saturated carbocycles. The Hall–Kier alpha value is -0.730. The van der Waals surface area contributed by atoms with E-state index in [2.05, 4.69) is 13.8 Å². The predicted molar refractivity (Wildman–Crippen MR) is 33.0 cm³/mol. The summed E-state index contributed by atoms with van der Waals surface area (Å²) >= 11 is 0. The quantitative estimate of drug-likeness (QED) is 0.505. The number of amides is 1. The summed E-state index contributed by atoms with van der Waals surface area (Å²) in [5.74, 6) is 0. The van der Waals surface area contributed by atoms with Gasteiger partial charge in [-0.3, -0.25) is 0 Å². The molecule has 0 aliphatic heterocycles. The van der Waals surface area contributed by atoms with Crippen molar-refractivity contribution in [3.8, 4) is 0 Å². The summed E-state index contributed by atoms with van der Waals surface area (Å²) in [7, 11) is 1.35. The highest BCUT2D eigenvalue weighted by atomic mass is 16.4. The van der Waals surface area contributed by atoms with Gasteiger partial charge in [-0.15, -0.1) is 0 Å². The molecule has 0 spiro atoms. The number of carbonyl (C=O) groups is 1. The Morgan fingerprint density at radius 2 is 1.75 bits per heavy atom. The monoisotopic (exact) mass is 119 g/mol. The minimum absolute atomic E-state index is 0.995. The molecule has 2 N–H and O–H groups in total. The Morgan fingerprint density at radius 1 is 1.62 bits per heavy atom. The second-order valence-corrected chi connectivity index (χ2v) is 1.26. The zero-order valence-corrected chi connectivity index (χ0v) is 5.56. The van der Waals surface area contributed by atoms with Gasteiger partial charge in [0.25, 0.3) is 0 Å². The lowest BCUT2D eigenvalue weighted by Crippen LogP contribution is -2.13. The zero-order chi connectivity index (χ0) is 6.99. The van der Waals surface area contributed by atoms with Crippen LogP contribution in [0.15, 0.2) is 0 Å². The van der Waals surface area contributed by atoms with Crippen LogP contribution in [-0.2, 0) is 0 Å². The van der Waals surface area contributed by atoms with Gasteiger partial charge < -0.3 is 10.4 Å². The molecule has 8 heavy (non-hydrogen) atoms. The molecular formula is C5H13NO2. The Balaban J connectivity index is 0. The van der Waals surface area contributed by atoms with E-state index in [4.69, 9.17) is 5.11 Å². The van der Waals surface area contributed by atoms with Gasteiger partial charge in [0.1, 0.15) is 0 Å². The van der Waals surface area contributed by atoms with E-state index in [0.717, 1.165) is 0 Å². The van der Waals surface area contributed by atoms with Gasteiger partial charge in [-0.05, 0) is 0 Å². The first kappa shape index (κ1) is 10.3. The molecule has 0 fully saturated rings. The van der Waals surface area contributed by atoms with E-state index in [0.29, 0.717) is 0 Å². The maximum absolute atomic E-state index is 9.26. The molecule has 0 aromatic rings. The van der Waals surface area contributed by atoms with Gasteiger partial charge in [0, 0.05) is 7.05 Å². The van der Waals surface area contributed by atoms with Crippen LogP contribution < -0.4 is 5.32 Å². The standard InChI is InChI=1S/C3H8.C2H5NO2/c1-3-2;1-3-2(4)5/h3H2,1-2H3;3H,1H3,(H,4,5). The molecule has 0 rings (SSSR count).